The largest absolute Gasteiger partial charge is 0.486 e. The molecule has 3 atom stereocenters. The molecule has 1 saturated heterocycles. The van der Waals surface area contributed by atoms with Gasteiger partial charge in [0.05, 0.1) is 6.04 Å². The Morgan fingerprint density at radius 1 is 1.17 bits per heavy atom. The minimum atomic E-state index is -0.0275. The van der Waals surface area contributed by atoms with Gasteiger partial charge in [0, 0.05) is 12.6 Å². The molecule has 0 bridgehead atoms. The van der Waals surface area contributed by atoms with E-state index in [4.69, 9.17) is 9.47 Å². The summed E-state index contributed by atoms with van der Waals surface area (Å²) in [6.07, 6.45) is 6.08. The molecule has 0 aromatic heterocycles. The van der Waals surface area contributed by atoms with Crippen LogP contribution in [0.1, 0.15) is 37.7 Å². The summed E-state index contributed by atoms with van der Waals surface area (Å²) in [6.45, 7) is 1.71. The number of benzene rings is 1. The Bertz CT molecular complexity index is 576. The van der Waals surface area contributed by atoms with Gasteiger partial charge in [0.2, 0.25) is 5.91 Å². The Labute approximate surface area is 136 Å². The van der Waals surface area contributed by atoms with Crippen LogP contribution in [-0.2, 0) is 11.3 Å². The van der Waals surface area contributed by atoms with Crippen LogP contribution in [0.2, 0.25) is 0 Å². The number of nitrogens with one attached hydrogen (secondary N) is 2. The van der Waals surface area contributed by atoms with E-state index >= 15 is 0 Å². The van der Waals surface area contributed by atoms with Crippen molar-refractivity contribution in [1.29, 1.82) is 0 Å². The van der Waals surface area contributed by atoms with Crippen LogP contribution >= 0.6 is 0 Å². The molecule has 3 aliphatic rings. The highest BCUT2D eigenvalue weighted by molar-refractivity contribution is 5.82. The maximum Gasteiger partial charge on any atom is 0.237 e. The molecule has 2 fully saturated rings. The lowest BCUT2D eigenvalue weighted by molar-refractivity contribution is -0.123. The molecule has 23 heavy (non-hydrogen) atoms. The van der Waals surface area contributed by atoms with E-state index < -0.39 is 0 Å². The molecule has 1 aromatic carbocycles. The SMILES string of the molecule is O=C(NCc1ccc2c(c1)OCCO2)C1CC2CCCCC2N1. The quantitative estimate of drug-likeness (QED) is 0.895. The van der Waals surface area contributed by atoms with Gasteiger partial charge in [0.25, 0.3) is 0 Å². The number of carbonyl (C=O) groups excluding carboxylic acids is 1. The third kappa shape index (κ3) is 3.15. The van der Waals surface area contributed by atoms with Crippen molar-refractivity contribution in [3.05, 3.63) is 23.8 Å². The molecule has 2 aliphatic heterocycles. The Hall–Kier alpha value is -1.75. The normalized spacial score (nSPS) is 29.0. The molecule has 0 spiro atoms. The molecule has 1 saturated carbocycles. The first-order valence-electron chi connectivity index (χ1n) is 8.72. The van der Waals surface area contributed by atoms with Gasteiger partial charge in [-0.05, 0) is 42.9 Å². The number of rotatable bonds is 3. The highest BCUT2D eigenvalue weighted by atomic mass is 16.6. The van der Waals surface area contributed by atoms with Gasteiger partial charge in [-0.2, -0.15) is 0 Å². The fraction of sp³-hybridized carbons (Fsp3) is 0.611. The minimum absolute atomic E-state index is 0.0275. The van der Waals surface area contributed by atoms with Crippen LogP contribution in [-0.4, -0.2) is 31.2 Å². The summed E-state index contributed by atoms with van der Waals surface area (Å²) in [6, 6.07) is 6.37. The second-order valence-corrected chi connectivity index (χ2v) is 6.80. The van der Waals surface area contributed by atoms with Crippen LogP contribution in [0.25, 0.3) is 0 Å². The first-order valence-corrected chi connectivity index (χ1v) is 8.72. The average molecular weight is 316 g/mol. The summed E-state index contributed by atoms with van der Waals surface area (Å²) in [7, 11) is 0. The number of amides is 1. The van der Waals surface area contributed by atoms with Crippen molar-refractivity contribution in [1.82, 2.24) is 10.6 Å². The maximum atomic E-state index is 12.4. The van der Waals surface area contributed by atoms with Gasteiger partial charge in [-0.15, -0.1) is 0 Å². The number of hydrogen-bond donors (Lipinski definition) is 2. The molecule has 5 nitrogen and oxygen atoms in total. The summed E-state index contributed by atoms with van der Waals surface area (Å²) in [4.78, 5) is 12.4. The van der Waals surface area contributed by atoms with E-state index in [2.05, 4.69) is 10.6 Å². The molecule has 2 N–H and O–H groups in total. The van der Waals surface area contributed by atoms with E-state index in [1.54, 1.807) is 0 Å². The van der Waals surface area contributed by atoms with Crippen molar-refractivity contribution < 1.29 is 14.3 Å². The predicted octanol–water partition coefficient (Wildman–Crippen LogP) is 1.99. The lowest BCUT2D eigenvalue weighted by Crippen LogP contribution is -2.42. The molecular weight excluding hydrogens is 292 g/mol. The molecular formula is C18H24N2O3. The lowest BCUT2D eigenvalue weighted by Gasteiger charge is -2.24. The topological polar surface area (TPSA) is 59.6 Å². The second-order valence-electron chi connectivity index (χ2n) is 6.80. The number of hydrogen-bond acceptors (Lipinski definition) is 4. The minimum Gasteiger partial charge on any atom is -0.486 e. The molecule has 1 aromatic rings. The summed E-state index contributed by atoms with van der Waals surface area (Å²) in [5, 5.41) is 6.58. The number of carbonyl (C=O) groups is 1. The highest BCUT2D eigenvalue weighted by Gasteiger charge is 2.37. The summed E-state index contributed by atoms with van der Waals surface area (Å²) in [5.41, 5.74) is 1.04. The van der Waals surface area contributed by atoms with E-state index in [1.165, 1.54) is 25.7 Å². The van der Waals surface area contributed by atoms with Crippen LogP contribution < -0.4 is 20.1 Å². The van der Waals surface area contributed by atoms with Crippen molar-refractivity contribution >= 4 is 5.91 Å². The summed E-state index contributed by atoms with van der Waals surface area (Å²) in [5.74, 6) is 2.36. The fourth-order valence-corrected chi connectivity index (χ4v) is 4.03. The summed E-state index contributed by atoms with van der Waals surface area (Å²) < 4.78 is 11.1. The second kappa shape index (κ2) is 6.40. The molecule has 3 unspecified atom stereocenters. The molecule has 124 valence electrons. The molecule has 5 heteroatoms. The van der Waals surface area contributed by atoms with E-state index in [0.29, 0.717) is 31.7 Å². The van der Waals surface area contributed by atoms with Gasteiger partial charge in [-0.1, -0.05) is 18.9 Å². The van der Waals surface area contributed by atoms with Gasteiger partial charge in [-0.25, -0.2) is 0 Å². The van der Waals surface area contributed by atoms with E-state index in [-0.39, 0.29) is 11.9 Å². The van der Waals surface area contributed by atoms with Crippen molar-refractivity contribution in [3.63, 3.8) is 0 Å². The monoisotopic (exact) mass is 316 g/mol. The Kier molecular flexibility index (Phi) is 4.12. The first-order chi connectivity index (χ1) is 11.3. The van der Waals surface area contributed by atoms with Crippen LogP contribution in [0, 0.1) is 5.92 Å². The standard InChI is InChI=1S/C18H24N2O3/c21-18(15-10-13-3-1-2-4-14(13)20-15)19-11-12-5-6-16-17(9-12)23-8-7-22-16/h5-6,9,13-15,20H,1-4,7-8,10-11H2,(H,19,21). The molecule has 2 heterocycles. The lowest BCUT2D eigenvalue weighted by atomic mass is 9.85. The van der Waals surface area contributed by atoms with E-state index in [9.17, 15) is 4.79 Å². The predicted molar refractivity (Wildman–Crippen MR) is 86.6 cm³/mol. The third-order valence-electron chi connectivity index (χ3n) is 5.25. The van der Waals surface area contributed by atoms with Crippen LogP contribution in [0.5, 0.6) is 11.5 Å². The molecule has 4 rings (SSSR count). The van der Waals surface area contributed by atoms with Crippen molar-refractivity contribution in [2.24, 2.45) is 5.92 Å². The fourth-order valence-electron chi connectivity index (χ4n) is 4.03. The van der Waals surface area contributed by atoms with Crippen LogP contribution in [0.3, 0.4) is 0 Å². The van der Waals surface area contributed by atoms with Gasteiger partial charge >= 0.3 is 0 Å². The van der Waals surface area contributed by atoms with Crippen molar-refractivity contribution in [2.75, 3.05) is 13.2 Å². The zero-order chi connectivity index (χ0) is 15.6. The number of ether oxygens (including phenoxy) is 2. The smallest absolute Gasteiger partial charge is 0.237 e. The molecule has 0 radical (unpaired) electrons. The molecule has 1 amide bonds. The van der Waals surface area contributed by atoms with Crippen molar-refractivity contribution in [2.45, 2.75) is 50.7 Å². The van der Waals surface area contributed by atoms with Crippen molar-refractivity contribution in [3.8, 4) is 11.5 Å². The third-order valence-corrected chi connectivity index (χ3v) is 5.25. The zero-order valence-electron chi connectivity index (χ0n) is 13.3. The van der Waals surface area contributed by atoms with Crippen LogP contribution in [0.15, 0.2) is 18.2 Å². The molecule has 1 aliphatic carbocycles. The van der Waals surface area contributed by atoms with Gasteiger partial charge in [-0.3, -0.25) is 4.79 Å². The maximum absolute atomic E-state index is 12.4. The Balaban J connectivity index is 1.33. The summed E-state index contributed by atoms with van der Waals surface area (Å²) >= 11 is 0. The van der Waals surface area contributed by atoms with Gasteiger partial charge in [0.15, 0.2) is 11.5 Å². The Morgan fingerprint density at radius 2 is 2.00 bits per heavy atom. The van der Waals surface area contributed by atoms with Gasteiger partial charge in [0.1, 0.15) is 13.2 Å². The highest BCUT2D eigenvalue weighted by Crippen LogP contribution is 2.33. The zero-order valence-corrected chi connectivity index (χ0v) is 13.3. The van der Waals surface area contributed by atoms with E-state index in [0.717, 1.165) is 23.5 Å². The van der Waals surface area contributed by atoms with Gasteiger partial charge < -0.3 is 20.1 Å². The van der Waals surface area contributed by atoms with E-state index in [1.807, 2.05) is 18.2 Å². The number of fused-ring (bicyclic) bond motifs is 2. The first kappa shape index (κ1) is 14.8. The average Bonchev–Trinajstić information content (AvgIpc) is 3.04. The van der Waals surface area contributed by atoms with Crippen LogP contribution in [0.4, 0.5) is 0 Å². The Morgan fingerprint density at radius 3 is 2.87 bits per heavy atom.